The fourth-order valence-corrected chi connectivity index (χ4v) is 3.21. The van der Waals surface area contributed by atoms with Crippen molar-refractivity contribution < 1.29 is 14.1 Å². The first-order valence-electron chi connectivity index (χ1n) is 9.75. The zero-order valence-electron chi connectivity index (χ0n) is 17.2. The van der Waals surface area contributed by atoms with Gasteiger partial charge >= 0.3 is 0 Å². The Morgan fingerprint density at radius 3 is 2.59 bits per heavy atom. The molecule has 1 aliphatic heterocycles. The number of hydrogen-bond donors (Lipinski definition) is 1. The Balaban J connectivity index is 0.00000364. The van der Waals surface area contributed by atoms with E-state index in [0.717, 1.165) is 25.9 Å². The van der Waals surface area contributed by atoms with Crippen LogP contribution in [0.2, 0.25) is 0 Å². The second-order valence-corrected chi connectivity index (χ2v) is 7.93. The van der Waals surface area contributed by atoms with E-state index in [-0.39, 0.29) is 24.4 Å². The van der Waals surface area contributed by atoms with Crippen LogP contribution in [0, 0.1) is 17.8 Å². The van der Waals surface area contributed by atoms with E-state index in [0.29, 0.717) is 49.0 Å². The number of ether oxygens (including phenoxy) is 1. The molecule has 156 valence electrons. The molecule has 0 saturated carbocycles. The highest BCUT2D eigenvalue weighted by atomic mass is 35.5. The minimum absolute atomic E-state index is 0. The summed E-state index contributed by atoms with van der Waals surface area (Å²) in [5.74, 6) is 2.58. The summed E-state index contributed by atoms with van der Waals surface area (Å²) in [5, 5.41) is 7.36. The van der Waals surface area contributed by atoms with E-state index in [1.165, 1.54) is 0 Å². The quantitative estimate of drug-likeness (QED) is 0.683. The van der Waals surface area contributed by atoms with Crippen molar-refractivity contribution in [2.24, 2.45) is 17.8 Å². The standard InChI is InChI=1S/C19H34N4O3.ClH/c1-13(2)12-25-15(4)19-21-17(26-22-19)11-23(5)18(24)10-14(3)16-6-8-20-9-7-16;/h13-16,20H,6-12H2,1-5H3;1H. The summed E-state index contributed by atoms with van der Waals surface area (Å²) in [6, 6.07) is 0. The number of aromatic nitrogens is 2. The van der Waals surface area contributed by atoms with Gasteiger partial charge in [0.05, 0.1) is 6.54 Å². The lowest BCUT2D eigenvalue weighted by Gasteiger charge is -2.28. The van der Waals surface area contributed by atoms with Crippen molar-refractivity contribution >= 4 is 18.3 Å². The molecule has 1 saturated heterocycles. The molecule has 1 fully saturated rings. The van der Waals surface area contributed by atoms with Crippen LogP contribution in [0.1, 0.15) is 64.8 Å². The van der Waals surface area contributed by atoms with Gasteiger partial charge in [0.1, 0.15) is 6.10 Å². The van der Waals surface area contributed by atoms with Crippen LogP contribution in [0.3, 0.4) is 0 Å². The molecule has 0 aliphatic carbocycles. The number of carbonyl (C=O) groups excluding carboxylic acids is 1. The molecule has 8 heteroatoms. The Bertz CT molecular complexity index is 561. The lowest BCUT2D eigenvalue weighted by atomic mass is 9.84. The molecular weight excluding hydrogens is 368 g/mol. The lowest BCUT2D eigenvalue weighted by molar-refractivity contribution is -0.132. The largest absolute Gasteiger partial charge is 0.370 e. The maximum Gasteiger partial charge on any atom is 0.246 e. The van der Waals surface area contributed by atoms with Crippen LogP contribution in [0.5, 0.6) is 0 Å². The van der Waals surface area contributed by atoms with Gasteiger partial charge in [0.15, 0.2) is 5.82 Å². The predicted molar refractivity (Wildman–Crippen MR) is 107 cm³/mol. The van der Waals surface area contributed by atoms with Gasteiger partial charge in [-0.3, -0.25) is 4.79 Å². The van der Waals surface area contributed by atoms with Gasteiger partial charge in [0.25, 0.3) is 0 Å². The van der Waals surface area contributed by atoms with Gasteiger partial charge in [0.2, 0.25) is 11.8 Å². The molecule has 0 spiro atoms. The van der Waals surface area contributed by atoms with E-state index in [4.69, 9.17) is 9.26 Å². The van der Waals surface area contributed by atoms with Gasteiger partial charge in [-0.25, -0.2) is 0 Å². The third-order valence-corrected chi connectivity index (χ3v) is 5.01. The molecule has 1 N–H and O–H groups in total. The van der Waals surface area contributed by atoms with E-state index in [9.17, 15) is 4.79 Å². The van der Waals surface area contributed by atoms with Gasteiger partial charge in [-0.1, -0.05) is 25.9 Å². The monoisotopic (exact) mass is 402 g/mol. The summed E-state index contributed by atoms with van der Waals surface area (Å²) in [4.78, 5) is 18.6. The highest BCUT2D eigenvalue weighted by molar-refractivity contribution is 5.85. The summed E-state index contributed by atoms with van der Waals surface area (Å²) in [6.45, 7) is 11.4. The number of nitrogens with zero attached hydrogens (tertiary/aromatic N) is 3. The molecule has 1 amide bonds. The van der Waals surface area contributed by atoms with E-state index in [1.54, 1.807) is 11.9 Å². The third kappa shape index (κ3) is 7.76. The number of piperidine rings is 1. The smallest absolute Gasteiger partial charge is 0.246 e. The van der Waals surface area contributed by atoms with E-state index in [2.05, 4.69) is 36.2 Å². The molecule has 2 rings (SSSR count). The topological polar surface area (TPSA) is 80.5 Å². The van der Waals surface area contributed by atoms with Gasteiger partial charge in [0, 0.05) is 20.1 Å². The Kier molecular flexibility index (Phi) is 10.3. The van der Waals surface area contributed by atoms with Crippen LogP contribution in [-0.2, 0) is 16.1 Å². The molecule has 27 heavy (non-hydrogen) atoms. The maximum atomic E-state index is 12.5. The van der Waals surface area contributed by atoms with Gasteiger partial charge in [-0.05, 0) is 50.6 Å². The molecule has 2 heterocycles. The normalized spacial score (nSPS) is 17.4. The van der Waals surface area contributed by atoms with E-state index in [1.807, 2.05) is 6.92 Å². The zero-order chi connectivity index (χ0) is 19.1. The van der Waals surface area contributed by atoms with Crippen LogP contribution >= 0.6 is 12.4 Å². The fraction of sp³-hybridized carbons (Fsp3) is 0.842. The van der Waals surface area contributed by atoms with Crippen LogP contribution in [-0.4, -0.2) is 47.7 Å². The Labute approximate surface area is 169 Å². The van der Waals surface area contributed by atoms with Crippen LogP contribution < -0.4 is 5.32 Å². The van der Waals surface area contributed by atoms with Crippen LogP contribution in [0.4, 0.5) is 0 Å². The first-order valence-corrected chi connectivity index (χ1v) is 9.75. The number of hydrogen-bond acceptors (Lipinski definition) is 6. The van der Waals surface area contributed by atoms with Gasteiger partial charge in [-0.15, -0.1) is 12.4 Å². The molecule has 0 bridgehead atoms. The summed E-state index contributed by atoms with van der Waals surface area (Å²) in [6.07, 6.45) is 2.66. The van der Waals surface area contributed by atoms with Gasteiger partial charge in [-0.2, -0.15) is 4.98 Å². The number of carbonyl (C=O) groups is 1. The number of rotatable bonds is 9. The molecule has 0 radical (unpaired) electrons. The van der Waals surface area contributed by atoms with Crippen LogP contribution in [0.15, 0.2) is 4.52 Å². The number of amides is 1. The maximum absolute atomic E-state index is 12.5. The minimum atomic E-state index is -0.212. The molecule has 1 aliphatic rings. The highest BCUT2D eigenvalue weighted by Gasteiger charge is 2.24. The molecule has 2 atom stereocenters. The zero-order valence-corrected chi connectivity index (χ0v) is 18.1. The van der Waals surface area contributed by atoms with Crippen molar-refractivity contribution in [2.75, 3.05) is 26.7 Å². The summed E-state index contributed by atoms with van der Waals surface area (Å²) in [7, 11) is 1.79. The number of nitrogens with one attached hydrogen (secondary N) is 1. The van der Waals surface area contributed by atoms with Crippen molar-refractivity contribution in [2.45, 2.75) is 59.6 Å². The Hall–Kier alpha value is -1.18. The first-order chi connectivity index (χ1) is 12.4. The second-order valence-electron chi connectivity index (χ2n) is 7.93. The average molecular weight is 403 g/mol. The molecule has 1 aromatic rings. The minimum Gasteiger partial charge on any atom is -0.370 e. The SMILES string of the molecule is CC(C)COC(C)c1noc(CN(C)C(=O)CC(C)C2CCNCC2)n1.Cl. The first kappa shape index (κ1) is 23.9. The molecule has 0 aromatic carbocycles. The van der Waals surface area contributed by atoms with Crippen molar-refractivity contribution in [3.05, 3.63) is 11.7 Å². The fourth-order valence-electron chi connectivity index (χ4n) is 3.21. The summed E-state index contributed by atoms with van der Waals surface area (Å²) >= 11 is 0. The average Bonchev–Trinajstić information content (AvgIpc) is 3.08. The number of halogens is 1. The summed E-state index contributed by atoms with van der Waals surface area (Å²) < 4.78 is 11.0. The third-order valence-electron chi connectivity index (χ3n) is 5.01. The summed E-state index contributed by atoms with van der Waals surface area (Å²) in [5.41, 5.74) is 0. The molecule has 2 unspecified atom stereocenters. The van der Waals surface area contributed by atoms with E-state index >= 15 is 0 Å². The van der Waals surface area contributed by atoms with E-state index < -0.39 is 0 Å². The van der Waals surface area contributed by atoms with Gasteiger partial charge < -0.3 is 19.5 Å². The van der Waals surface area contributed by atoms with Crippen molar-refractivity contribution in [3.63, 3.8) is 0 Å². The van der Waals surface area contributed by atoms with Crippen LogP contribution in [0.25, 0.3) is 0 Å². The molecular formula is C19H35ClN4O3. The molecule has 1 aromatic heterocycles. The predicted octanol–water partition coefficient (Wildman–Crippen LogP) is 3.21. The molecule has 7 nitrogen and oxygen atoms in total. The Morgan fingerprint density at radius 2 is 1.96 bits per heavy atom. The van der Waals surface area contributed by atoms with Crippen molar-refractivity contribution in [1.82, 2.24) is 20.4 Å². The van der Waals surface area contributed by atoms with Crippen molar-refractivity contribution in [3.8, 4) is 0 Å². The van der Waals surface area contributed by atoms with Crippen molar-refractivity contribution in [1.29, 1.82) is 0 Å². The lowest BCUT2D eigenvalue weighted by Crippen LogP contribution is -2.34. The second kappa shape index (κ2) is 11.6. The Morgan fingerprint density at radius 1 is 1.30 bits per heavy atom. The highest BCUT2D eigenvalue weighted by Crippen LogP contribution is 2.25.